The molecule has 18 heavy (non-hydrogen) atoms. The first kappa shape index (κ1) is 11.1. The van der Waals surface area contributed by atoms with Crippen LogP contribution in [0.2, 0.25) is 0 Å². The zero-order valence-electron chi connectivity index (χ0n) is 10.4. The van der Waals surface area contributed by atoms with Gasteiger partial charge in [-0.25, -0.2) is 9.97 Å². The van der Waals surface area contributed by atoms with E-state index in [4.69, 9.17) is 0 Å². The Balaban J connectivity index is 1.71. The molecule has 92 valence electrons. The first-order chi connectivity index (χ1) is 8.78. The minimum absolute atomic E-state index is 0.280. The second kappa shape index (κ2) is 4.37. The lowest BCUT2D eigenvalue weighted by atomic mass is 9.97. The predicted molar refractivity (Wildman–Crippen MR) is 70.4 cm³/mol. The Morgan fingerprint density at radius 1 is 1.22 bits per heavy atom. The van der Waals surface area contributed by atoms with Crippen molar-refractivity contribution in [2.75, 3.05) is 11.9 Å². The summed E-state index contributed by atoms with van der Waals surface area (Å²) in [6.07, 6.45) is 7.79. The average Bonchev–Trinajstić information content (AvgIpc) is 3.19. The summed E-state index contributed by atoms with van der Waals surface area (Å²) >= 11 is 0. The molecule has 3 rings (SSSR count). The second-order valence-corrected chi connectivity index (χ2v) is 4.91. The summed E-state index contributed by atoms with van der Waals surface area (Å²) in [6, 6.07) is 6.20. The summed E-state index contributed by atoms with van der Waals surface area (Å²) < 4.78 is 0. The molecule has 1 saturated carbocycles. The Hall–Kier alpha value is -1.97. The summed E-state index contributed by atoms with van der Waals surface area (Å²) in [4.78, 5) is 12.4. The van der Waals surface area contributed by atoms with Crippen molar-refractivity contribution in [1.82, 2.24) is 15.0 Å². The first-order valence-electron chi connectivity index (χ1n) is 6.22. The van der Waals surface area contributed by atoms with E-state index < -0.39 is 0 Å². The molecule has 0 aromatic carbocycles. The molecular weight excluding hydrogens is 224 g/mol. The van der Waals surface area contributed by atoms with Crippen LogP contribution in [0, 0.1) is 6.92 Å². The third kappa shape index (κ3) is 2.18. The fraction of sp³-hybridized carbons (Fsp3) is 0.357. The molecule has 1 aliphatic rings. The van der Waals surface area contributed by atoms with Crippen LogP contribution in [0.4, 0.5) is 5.82 Å². The Morgan fingerprint density at radius 2 is 2.00 bits per heavy atom. The van der Waals surface area contributed by atoms with Crippen LogP contribution in [0.25, 0.3) is 0 Å². The van der Waals surface area contributed by atoms with Crippen LogP contribution < -0.4 is 5.32 Å². The van der Waals surface area contributed by atoms with Crippen LogP contribution in [0.15, 0.2) is 36.9 Å². The van der Waals surface area contributed by atoms with Gasteiger partial charge in [-0.2, -0.15) is 0 Å². The minimum atomic E-state index is 0.280. The standard InChI is InChI=1S/C14H16N4/c1-11-8-13(18-10-17-11)16-9-14(4-5-14)12-2-6-15-7-3-12/h2-3,6-8,10H,4-5,9H2,1H3,(H,16,17,18). The molecule has 1 fully saturated rings. The van der Waals surface area contributed by atoms with Crippen molar-refractivity contribution < 1.29 is 0 Å². The van der Waals surface area contributed by atoms with E-state index in [1.54, 1.807) is 6.33 Å². The zero-order chi connectivity index (χ0) is 12.4. The molecule has 0 aliphatic heterocycles. The minimum Gasteiger partial charge on any atom is -0.369 e. The largest absolute Gasteiger partial charge is 0.369 e. The number of aryl methyl sites for hydroxylation is 1. The molecule has 2 aromatic heterocycles. The van der Waals surface area contributed by atoms with E-state index in [0.29, 0.717) is 0 Å². The van der Waals surface area contributed by atoms with Crippen LogP contribution >= 0.6 is 0 Å². The monoisotopic (exact) mass is 240 g/mol. The summed E-state index contributed by atoms with van der Waals surface area (Å²) in [5.74, 6) is 0.905. The van der Waals surface area contributed by atoms with E-state index in [1.165, 1.54) is 18.4 Å². The van der Waals surface area contributed by atoms with Crippen LogP contribution in [0.3, 0.4) is 0 Å². The van der Waals surface area contributed by atoms with Crippen molar-refractivity contribution in [2.45, 2.75) is 25.2 Å². The van der Waals surface area contributed by atoms with Gasteiger partial charge in [0.25, 0.3) is 0 Å². The number of hydrogen-bond acceptors (Lipinski definition) is 4. The summed E-state index contributed by atoms with van der Waals surface area (Å²) in [7, 11) is 0. The van der Waals surface area contributed by atoms with Crippen molar-refractivity contribution in [3.8, 4) is 0 Å². The second-order valence-electron chi connectivity index (χ2n) is 4.91. The highest BCUT2D eigenvalue weighted by Crippen LogP contribution is 2.47. The lowest BCUT2D eigenvalue weighted by Gasteiger charge is -2.16. The summed E-state index contributed by atoms with van der Waals surface area (Å²) in [5.41, 5.74) is 2.64. The van der Waals surface area contributed by atoms with E-state index in [1.807, 2.05) is 25.4 Å². The van der Waals surface area contributed by atoms with Crippen molar-refractivity contribution >= 4 is 5.82 Å². The van der Waals surface area contributed by atoms with Crippen molar-refractivity contribution in [3.63, 3.8) is 0 Å². The predicted octanol–water partition coefficient (Wildman–Crippen LogP) is 2.32. The molecule has 0 spiro atoms. The van der Waals surface area contributed by atoms with Gasteiger partial charge in [0.1, 0.15) is 12.1 Å². The highest BCUT2D eigenvalue weighted by Gasteiger charge is 2.43. The van der Waals surface area contributed by atoms with Gasteiger partial charge >= 0.3 is 0 Å². The maximum absolute atomic E-state index is 4.23. The number of hydrogen-bond donors (Lipinski definition) is 1. The van der Waals surface area contributed by atoms with Gasteiger partial charge in [0.15, 0.2) is 0 Å². The molecule has 0 atom stereocenters. The number of nitrogens with one attached hydrogen (secondary N) is 1. The molecule has 0 unspecified atom stereocenters. The van der Waals surface area contributed by atoms with Gasteiger partial charge in [-0.1, -0.05) is 0 Å². The summed E-state index contributed by atoms with van der Waals surface area (Å²) in [5, 5.41) is 3.42. The molecule has 2 aromatic rings. The van der Waals surface area contributed by atoms with Gasteiger partial charge in [0.05, 0.1) is 0 Å². The van der Waals surface area contributed by atoms with Gasteiger partial charge in [0.2, 0.25) is 0 Å². The third-order valence-electron chi connectivity index (χ3n) is 3.56. The van der Waals surface area contributed by atoms with E-state index in [0.717, 1.165) is 18.1 Å². The average molecular weight is 240 g/mol. The van der Waals surface area contributed by atoms with Crippen LogP contribution in [-0.4, -0.2) is 21.5 Å². The SMILES string of the molecule is Cc1cc(NCC2(c3ccncc3)CC2)ncn1. The third-order valence-corrected chi connectivity index (χ3v) is 3.56. The zero-order valence-corrected chi connectivity index (χ0v) is 10.4. The van der Waals surface area contributed by atoms with Crippen molar-refractivity contribution in [3.05, 3.63) is 48.2 Å². The molecule has 0 saturated heterocycles. The Morgan fingerprint density at radius 3 is 2.67 bits per heavy atom. The van der Waals surface area contributed by atoms with Crippen molar-refractivity contribution in [1.29, 1.82) is 0 Å². The lowest BCUT2D eigenvalue weighted by molar-refractivity contribution is 0.728. The van der Waals surface area contributed by atoms with E-state index in [2.05, 4.69) is 32.4 Å². The topological polar surface area (TPSA) is 50.7 Å². The summed E-state index contributed by atoms with van der Waals surface area (Å²) in [6.45, 7) is 2.90. The van der Waals surface area contributed by atoms with Crippen LogP contribution in [-0.2, 0) is 5.41 Å². The number of nitrogens with zero attached hydrogens (tertiary/aromatic N) is 3. The number of anilines is 1. The lowest BCUT2D eigenvalue weighted by Crippen LogP contribution is -2.20. The van der Waals surface area contributed by atoms with Gasteiger partial charge in [-0.15, -0.1) is 0 Å². The van der Waals surface area contributed by atoms with E-state index in [9.17, 15) is 0 Å². The van der Waals surface area contributed by atoms with Gasteiger partial charge in [0, 0.05) is 36.1 Å². The Labute approximate surface area is 107 Å². The highest BCUT2D eigenvalue weighted by atomic mass is 15.0. The molecule has 0 radical (unpaired) electrons. The highest BCUT2D eigenvalue weighted by molar-refractivity contribution is 5.39. The van der Waals surface area contributed by atoms with Gasteiger partial charge < -0.3 is 5.32 Å². The Kier molecular flexibility index (Phi) is 2.70. The molecule has 0 bridgehead atoms. The van der Waals surface area contributed by atoms with E-state index in [-0.39, 0.29) is 5.41 Å². The maximum Gasteiger partial charge on any atom is 0.129 e. The van der Waals surface area contributed by atoms with Crippen LogP contribution in [0.5, 0.6) is 0 Å². The quantitative estimate of drug-likeness (QED) is 0.891. The van der Waals surface area contributed by atoms with Crippen LogP contribution in [0.1, 0.15) is 24.1 Å². The number of aromatic nitrogens is 3. The fourth-order valence-electron chi connectivity index (χ4n) is 2.23. The maximum atomic E-state index is 4.23. The molecule has 2 heterocycles. The van der Waals surface area contributed by atoms with Crippen molar-refractivity contribution in [2.24, 2.45) is 0 Å². The molecule has 4 nitrogen and oxygen atoms in total. The molecule has 0 amide bonds. The normalized spacial score (nSPS) is 16.3. The molecule has 4 heteroatoms. The van der Waals surface area contributed by atoms with Gasteiger partial charge in [-0.05, 0) is 37.5 Å². The Bertz CT molecular complexity index is 535. The molecule has 1 N–H and O–H groups in total. The number of pyridine rings is 1. The van der Waals surface area contributed by atoms with Gasteiger partial charge in [-0.3, -0.25) is 4.98 Å². The smallest absolute Gasteiger partial charge is 0.129 e. The number of rotatable bonds is 4. The van der Waals surface area contributed by atoms with E-state index >= 15 is 0 Å². The fourth-order valence-corrected chi connectivity index (χ4v) is 2.23. The molecule has 1 aliphatic carbocycles. The first-order valence-corrected chi connectivity index (χ1v) is 6.22. The molecular formula is C14H16N4.